The van der Waals surface area contributed by atoms with Crippen molar-refractivity contribution in [3.05, 3.63) is 40.7 Å². The molecule has 4 nitrogen and oxygen atoms in total. The summed E-state index contributed by atoms with van der Waals surface area (Å²) in [5.41, 5.74) is 0.983. The zero-order valence-electron chi connectivity index (χ0n) is 9.86. The van der Waals surface area contributed by atoms with Crippen molar-refractivity contribution in [3.63, 3.8) is 0 Å². The van der Waals surface area contributed by atoms with Gasteiger partial charge in [-0.05, 0) is 18.6 Å². The van der Waals surface area contributed by atoms with Crippen LogP contribution in [-0.2, 0) is 6.42 Å². The number of anilines is 1. The predicted octanol–water partition coefficient (Wildman–Crippen LogP) is 3.68. The van der Waals surface area contributed by atoms with Crippen molar-refractivity contribution in [1.82, 2.24) is 10.2 Å². The number of benzene rings is 1. The van der Waals surface area contributed by atoms with Gasteiger partial charge in [-0.25, -0.2) is 0 Å². The highest BCUT2D eigenvalue weighted by Crippen LogP contribution is 2.25. The standard InChI is InChI=1S/C12H13Cl2N3O/c1-8(9-4-2-3-5-10(9)14)15-12-17-16-11(18-12)6-7-13/h2-5,8H,6-7H2,1H3,(H,15,17). The van der Waals surface area contributed by atoms with Gasteiger partial charge in [0, 0.05) is 17.3 Å². The molecule has 0 spiro atoms. The molecule has 1 atom stereocenters. The van der Waals surface area contributed by atoms with Crippen LogP contribution in [-0.4, -0.2) is 16.1 Å². The highest BCUT2D eigenvalue weighted by Gasteiger charge is 2.12. The maximum Gasteiger partial charge on any atom is 0.315 e. The second kappa shape index (κ2) is 6.07. The molecule has 1 heterocycles. The number of hydrogen-bond donors (Lipinski definition) is 1. The van der Waals surface area contributed by atoms with Crippen molar-refractivity contribution in [1.29, 1.82) is 0 Å². The first-order valence-electron chi connectivity index (χ1n) is 5.60. The van der Waals surface area contributed by atoms with Crippen molar-refractivity contribution < 1.29 is 4.42 Å². The summed E-state index contributed by atoms with van der Waals surface area (Å²) in [6.45, 7) is 1.98. The van der Waals surface area contributed by atoms with Crippen LogP contribution in [0.15, 0.2) is 28.7 Å². The molecular formula is C12H13Cl2N3O. The number of alkyl halides is 1. The SMILES string of the molecule is CC(Nc1nnc(CCCl)o1)c1ccccc1Cl. The lowest BCUT2D eigenvalue weighted by molar-refractivity contribution is 0.508. The van der Waals surface area contributed by atoms with Crippen LogP contribution in [0.1, 0.15) is 24.4 Å². The fraction of sp³-hybridized carbons (Fsp3) is 0.333. The summed E-state index contributed by atoms with van der Waals surface area (Å²) in [6, 6.07) is 8.00. The molecule has 0 saturated carbocycles. The molecule has 1 aromatic heterocycles. The van der Waals surface area contributed by atoms with Gasteiger partial charge in [0.2, 0.25) is 5.89 Å². The third kappa shape index (κ3) is 3.15. The molecule has 1 unspecified atom stereocenters. The molecule has 0 aliphatic heterocycles. The largest absolute Gasteiger partial charge is 0.408 e. The van der Waals surface area contributed by atoms with Crippen molar-refractivity contribution in [2.45, 2.75) is 19.4 Å². The molecule has 2 aromatic rings. The van der Waals surface area contributed by atoms with E-state index >= 15 is 0 Å². The Labute approximate surface area is 115 Å². The lowest BCUT2D eigenvalue weighted by atomic mass is 10.1. The summed E-state index contributed by atoms with van der Waals surface area (Å²) in [7, 11) is 0. The third-order valence-corrected chi connectivity index (χ3v) is 3.02. The van der Waals surface area contributed by atoms with E-state index in [1.54, 1.807) is 0 Å². The molecule has 0 aliphatic carbocycles. The molecule has 0 amide bonds. The molecule has 0 radical (unpaired) electrons. The monoisotopic (exact) mass is 285 g/mol. The van der Waals surface area contributed by atoms with Gasteiger partial charge in [0.25, 0.3) is 0 Å². The molecule has 1 N–H and O–H groups in total. The normalized spacial score (nSPS) is 12.4. The number of nitrogens with zero attached hydrogens (tertiary/aromatic N) is 2. The molecule has 1 aromatic carbocycles. The summed E-state index contributed by atoms with van der Waals surface area (Å²) in [4.78, 5) is 0. The van der Waals surface area contributed by atoms with Gasteiger partial charge < -0.3 is 9.73 Å². The van der Waals surface area contributed by atoms with Gasteiger partial charge in [0.15, 0.2) is 0 Å². The van der Waals surface area contributed by atoms with Crippen molar-refractivity contribution in [2.75, 3.05) is 11.2 Å². The number of halogens is 2. The Kier molecular flexibility index (Phi) is 4.44. The second-order valence-corrected chi connectivity index (χ2v) is 4.61. The molecular weight excluding hydrogens is 273 g/mol. The van der Waals surface area contributed by atoms with Crippen LogP contribution in [0.5, 0.6) is 0 Å². The van der Waals surface area contributed by atoms with Gasteiger partial charge in [-0.15, -0.1) is 16.7 Å². The summed E-state index contributed by atoms with van der Waals surface area (Å²) >= 11 is 11.7. The van der Waals surface area contributed by atoms with Crippen LogP contribution < -0.4 is 5.32 Å². The van der Waals surface area contributed by atoms with E-state index in [1.165, 1.54) is 0 Å². The van der Waals surface area contributed by atoms with Gasteiger partial charge in [0.1, 0.15) is 0 Å². The third-order valence-electron chi connectivity index (χ3n) is 2.49. The molecule has 2 rings (SSSR count). The quantitative estimate of drug-likeness (QED) is 0.852. The first-order valence-corrected chi connectivity index (χ1v) is 6.51. The summed E-state index contributed by atoms with van der Waals surface area (Å²) in [5.74, 6) is 0.987. The summed E-state index contributed by atoms with van der Waals surface area (Å²) in [5, 5.41) is 11.6. The summed E-state index contributed by atoms with van der Waals surface area (Å²) < 4.78 is 5.40. The molecule has 18 heavy (non-hydrogen) atoms. The Bertz CT molecular complexity index is 516. The maximum absolute atomic E-state index is 6.12. The first-order chi connectivity index (χ1) is 8.70. The number of hydrogen-bond acceptors (Lipinski definition) is 4. The highest BCUT2D eigenvalue weighted by molar-refractivity contribution is 6.31. The Morgan fingerprint density at radius 3 is 2.83 bits per heavy atom. The molecule has 0 bridgehead atoms. The molecule has 0 aliphatic rings. The van der Waals surface area contributed by atoms with Gasteiger partial charge in [-0.3, -0.25) is 0 Å². The Morgan fingerprint density at radius 2 is 2.11 bits per heavy atom. The minimum atomic E-state index is -0.0111. The minimum absolute atomic E-state index is 0.0111. The lowest BCUT2D eigenvalue weighted by Crippen LogP contribution is -2.07. The van der Waals surface area contributed by atoms with Crippen molar-refractivity contribution >= 4 is 29.2 Å². The molecule has 6 heteroatoms. The molecule has 0 fully saturated rings. The van der Waals surface area contributed by atoms with E-state index in [0.717, 1.165) is 5.56 Å². The van der Waals surface area contributed by atoms with E-state index < -0.39 is 0 Å². The fourth-order valence-electron chi connectivity index (χ4n) is 1.58. The van der Waals surface area contributed by atoms with Crippen molar-refractivity contribution in [3.8, 4) is 0 Å². The number of rotatable bonds is 5. The Morgan fingerprint density at radius 1 is 1.33 bits per heavy atom. The van der Waals surface area contributed by atoms with E-state index in [4.69, 9.17) is 27.6 Å². The zero-order chi connectivity index (χ0) is 13.0. The van der Waals surface area contributed by atoms with Crippen LogP contribution in [0.2, 0.25) is 5.02 Å². The van der Waals surface area contributed by atoms with Crippen LogP contribution in [0.3, 0.4) is 0 Å². The van der Waals surface area contributed by atoms with Crippen LogP contribution in [0, 0.1) is 0 Å². The van der Waals surface area contributed by atoms with Crippen LogP contribution in [0.4, 0.5) is 6.01 Å². The van der Waals surface area contributed by atoms with Gasteiger partial charge in [0.05, 0.1) is 6.04 Å². The molecule has 0 saturated heterocycles. The second-order valence-electron chi connectivity index (χ2n) is 3.83. The topological polar surface area (TPSA) is 51.0 Å². The van der Waals surface area contributed by atoms with Crippen LogP contribution in [0.25, 0.3) is 0 Å². The van der Waals surface area contributed by atoms with E-state index in [1.807, 2.05) is 31.2 Å². The zero-order valence-corrected chi connectivity index (χ0v) is 11.4. The molecule has 96 valence electrons. The van der Waals surface area contributed by atoms with E-state index in [9.17, 15) is 0 Å². The highest BCUT2D eigenvalue weighted by atomic mass is 35.5. The average Bonchev–Trinajstić information content (AvgIpc) is 2.77. The maximum atomic E-state index is 6.12. The minimum Gasteiger partial charge on any atom is -0.408 e. The van der Waals surface area contributed by atoms with E-state index in [2.05, 4.69) is 15.5 Å². The lowest BCUT2D eigenvalue weighted by Gasteiger charge is -2.13. The summed E-state index contributed by atoms with van der Waals surface area (Å²) in [6.07, 6.45) is 0.566. The van der Waals surface area contributed by atoms with E-state index in [-0.39, 0.29) is 6.04 Å². The Hall–Kier alpha value is -1.26. The Balaban J connectivity index is 2.06. The number of aromatic nitrogens is 2. The van der Waals surface area contributed by atoms with Gasteiger partial charge >= 0.3 is 6.01 Å². The van der Waals surface area contributed by atoms with Gasteiger partial charge in [-0.2, -0.15) is 0 Å². The smallest absolute Gasteiger partial charge is 0.315 e. The predicted molar refractivity (Wildman–Crippen MR) is 72.2 cm³/mol. The van der Waals surface area contributed by atoms with E-state index in [0.29, 0.717) is 29.2 Å². The van der Waals surface area contributed by atoms with Crippen molar-refractivity contribution in [2.24, 2.45) is 0 Å². The van der Waals surface area contributed by atoms with Crippen LogP contribution >= 0.6 is 23.2 Å². The number of nitrogens with one attached hydrogen (secondary N) is 1. The number of aryl methyl sites for hydroxylation is 1. The average molecular weight is 286 g/mol. The first kappa shape index (κ1) is 13.2. The fourth-order valence-corrected chi connectivity index (χ4v) is 2.04. The van der Waals surface area contributed by atoms with Gasteiger partial charge in [-0.1, -0.05) is 34.9 Å².